The smallest absolute Gasteiger partial charge is 0.275 e. The molecule has 0 saturated carbocycles. The fraction of sp³-hybridized carbons (Fsp3) is 0.130. The summed E-state index contributed by atoms with van der Waals surface area (Å²) in [4.78, 5) is 55.5. The van der Waals surface area contributed by atoms with E-state index in [0.717, 1.165) is 10.5 Å². The molecular weight excluding hydrogens is 458 g/mol. The Hall–Kier alpha value is -4.38. The molecule has 2 aromatic carbocycles. The van der Waals surface area contributed by atoms with Crippen LogP contribution >= 0.6 is 11.3 Å². The number of benzene rings is 2. The zero-order chi connectivity index (χ0) is 23.8. The van der Waals surface area contributed by atoms with Gasteiger partial charge in [0.1, 0.15) is 17.3 Å². The van der Waals surface area contributed by atoms with E-state index >= 15 is 0 Å². The lowest BCUT2D eigenvalue weighted by molar-refractivity contribution is -0.121. The second kappa shape index (κ2) is 8.52. The number of imide groups is 1. The highest BCUT2D eigenvalue weighted by atomic mass is 32.1. The average Bonchev–Trinajstić information content (AvgIpc) is 3.39. The largest absolute Gasteiger partial charge is 0.497 e. The van der Waals surface area contributed by atoms with Crippen LogP contribution in [0.15, 0.2) is 59.4 Å². The minimum absolute atomic E-state index is 0.0382. The molecular formula is C23H17N5O5S. The average molecular weight is 475 g/mol. The number of ether oxygens (including phenoxy) is 1. The van der Waals surface area contributed by atoms with Crippen molar-refractivity contribution >= 4 is 34.0 Å². The van der Waals surface area contributed by atoms with E-state index in [0.29, 0.717) is 21.4 Å². The first-order valence-electron chi connectivity index (χ1n) is 10.2. The summed E-state index contributed by atoms with van der Waals surface area (Å²) in [6.07, 6.45) is 0. The summed E-state index contributed by atoms with van der Waals surface area (Å²) in [6, 6.07) is 15.0. The molecule has 4 aromatic rings. The molecule has 34 heavy (non-hydrogen) atoms. The first-order valence-corrected chi connectivity index (χ1v) is 11.0. The number of carbonyl (C=O) groups excluding carboxylic acids is 3. The van der Waals surface area contributed by atoms with Crippen molar-refractivity contribution in [2.24, 2.45) is 0 Å². The van der Waals surface area contributed by atoms with Gasteiger partial charge in [-0.3, -0.25) is 24.1 Å². The molecule has 0 bridgehead atoms. The molecule has 1 aliphatic heterocycles. The number of carbonyl (C=O) groups is 3. The van der Waals surface area contributed by atoms with Crippen LogP contribution in [0.25, 0.3) is 15.5 Å². The summed E-state index contributed by atoms with van der Waals surface area (Å²) in [5, 5.41) is 7.55. The molecule has 0 saturated heterocycles. The molecule has 170 valence electrons. The van der Waals surface area contributed by atoms with Gasteiger partial charge in [-0.05, 0) is 36.4 Å². The lowest BCUT2D eigenvalue weighted by Gasteiger charge is -2.13. The third-order valence-corrected chi connectivity index (χ3v) is 6.24. The molecule has 0 spiro atoms. The molecule has 5 rings (SSSR count). The number of aromatic nitrogens is 3. The van der Waals surface area contributed by atoms with Crippen molar-refractivity contribution in [3.05, 3.63) is 81.8 Å². The Morgan fingerprint density at radius 2 is 1.71 bits per heavy atom. The van der Waals surface area contributed by atoms with Gasteiger partial charge in [0.25, 0.3) is 17.4 Å². The minimum atomic E-state index is -0.542. The molecule has 0 atom stereocenters. The van der Waals surface area contributed by atoms with Crippen LogP contribution in [-0.4, -0.2) is 50.9 Å². The third-order valence-electron chi connectivity index (χ3n) is 5.28. The quantitative estimate of drug-likeness (QED) is 0.422. The lowest BCUT2D eigenvalue weighted by atomic mass is 10.1. The number of nitrogens with zero attached hydrogens (tertiary/aromatic N) is 4. The molecule has 0 fully saturated rings. The van der Waals surface area contributed by atoms with Gasteiger partial charge in [0, 0.05) is 11.6 Å². The van der Waals surface area contributed by atoms with Crippen LogP contribution in [0, 0.1) is 0 Å². The first-order chi connectivity index (χ1) is 16.4. The number of rotatable bonds is 6. The monoisotopic (exact) mass is 475 g/mol. The van der Waals surface area contributed by atoms with Gasteiger partial charge in [-0.2, -0.15) is 9.61 Å². The maximum atomic E-state index is 12.5. The van der Waals surface area contributed by atoms with Crippen molar-refractivity contribution in [1.29, 1.82) is 0 Å². The molecule has 11 heteroatoms. The van der Waals surface area contributed by atoms with E-state index in [1.54, 1.807) is 43.5 Å². The van der Waals surface area contributed by atoms with E-state index in [1.807, 2.05) is 12.1 Å². The highest BCUT2D eigenvalue weighted by Gasteiger charge is 2.36. The van der Waals surface area contributed by atoms with E-state index in [9.17, 15) is 19.2 Å². The number of nitrogens with one attached hydrogen (secondary N) is 1. The van der Waals surface area contributed by atoms with Gasteiger partial charge >= 0.3 is 0 Å². The van der Waals surface area contributed by atoms with E-state index in [-0.39, 0.29) is 23.2 Å². The summed E-state index contributed by atoms with van der Waals surface area (Å²) in [5.74, 6) is -0.854. The Morgan fingerprint density at radius 1 is 1.03 bits per heavy atom. The minimum Gasteiger partial charge on any atom is -0.497 e. The van der Waals surface area contributed by atoms with E-state index in [1.165, 1.54) is 21.9 Å². The molecule has 3 heterocycles. The lowest BCUT2D eigenvalue weighted by Crippen LogP contribution is -2.40. The summed E-state index contributed by atoms with van der Waals surface area (Å²) < 4.78 is 6.36. The number of hydrogen-bond acceptors (Lipinski definition) is 8. The predicted molar refractivity (Wildman–Crippen MR) is 123 cm³/mol. The number of fused-ring (bicyclic) bond motifs is 2. The van der Waals surface area contributed by atoms with Crippen molar-refractivity contribution in [2.75, 3.05) is 13.7 Å². The summed E-state index contributed by atoms with van der Waals surface area (Å²) in [5.41, 5.74) is 1.32. The van der Waals surface area contributed by atoms with E-state index < -0.39 is 24.3 Å². The first kappa shape index (κ1) is 21.5. The van der Waals surface area contributed by atoms with Crippen molar-refractivity contribution in [3.8, 4) is 16.3 Å². The molecule has 1 aliphatic rings. The standard InChI is InChI=1S/C23H17N5O5S/c1-33-15-8-6-13(7-9-15)20-26-28-19(30)10-14(25-23(28)34-20)11-24-18(29)12-27-21(31)16-4-2-3-5-17(16)22(27)32/h2-10H,11-12H2,1H3,(H,24,29). The van der Waals surface area contributed by atoms with Crippen molar-refractivity contribution < 1.29 is 19.1 Å². The second-order valence-electron chi connectivity index (χ2n) is 7.43. The van der Waals surface area contributed by atoms with Crippen molar-refractivity contribution in [3.63, 3.8) is 0 Å². The van der Waals surface area contributed by atoms with Crippen molar-refractivity contribution in [2.45, 2.75) is 6.54 Å². The normalized spacial score (nSPS) is 12.8. The van der Waals surface area contributed by atoms with Crippen LogP contribution < -0.4 is 15.6 Å². The zero-order valence-corrected chi connectivity index (χ0v) is 18.7. The fourth-order valence-corrected chi connectivity index (χ4v) is 4.50. The predicted octanol–water partition coefficient (Wildman–Crippen LogP) is 1.74. The van der Waals surface area contributed by atoms with Gasteiger partial charge in [-0.1, -0.05) is 23.5 Å². The molecule has 1 N–H and O–H groups in total. The Morgan fingerprint density at radius 3 is 2.35 bits per heavy atom. The molecule has 2 aromatic heterocycles. The van der Waals surface area contributed by atoms with Crippen LogP contribution in [0.4, 0.5) is 0 Å². The number of methoxy groups -OCH3 is 1. The van der Waals surface area contributed by atoms with Gasteiger partial charge in [0.2, 0.25) is 10.9 Å². The number of amides is 3. The maximum absolute atomic E-state index is 12.5. The maximum Gasteiger partial charge on any atom is 0.275 e. The SMILES string of the molecule is COc1ccc(-c2nn3c(=O)cc(CNC(=O)CN4C(=O)c5ccccc5C4=O)nc3s2)cc1. The van der Waals surface area contributed by atoms with Crippen LogP contribution in [0.1, 0.15) is 26.4 Å². The highest BCUT2D eigenvalue weighted by molar-refractivity contribution is 7.19. The van der Waals surface area contributed by atoms with Gasteiger partial charge in [0.15, 0.2) is 0 Å². The summed E-state index contributed by atoms with van der Waals surface area (Å²) in [6.45, 7) is -0.459. The van der Waals surface area contributed by atoms with Gasteiger partial charge in [-0.15, -0.1) is 0 Å². The highest BCUT2D eigenvalue weighted by Crippen LogP contribution is 2.26. The van der Waals surface area contributed by atoms with Gasteiger partial charge in [-0.25, -0.2) is 4.98 Å². The fourth-order valence-electron chi connectivity index (χ4n) is 3.57. The van der Waals surface area contributed by atoms with Crippen LogP contribution in [0.2, 0.25) is 0 Å². The van der Waals surface area contributed by atoms with Gasteiger partial charge < -0.3 is 10.1 Å². The van der Waals surface area contributed by atoms with Crippen LogP contribution in [0.3, 0.4) is 0 Å². The Labute approximate surface area is 196 Å². The Bertz CT molecular complexity index is 1470. The molecule has 3 amide bonds. The second-order valence-corrected chi connectivity index (χ2v) is 8.39. The summed E-state index contributed by atoms with van der Waals surface area (Å²) in [7, 11) is 1.58. The molecule has 10 nitrogen and oxygen atoms in total. The van der Waals surface area contributed by atoms with Crippen molar-refractivity contribution in [1.82, 2.24) is 24.8 Å². The topological polar surface area (TPSA) is 123 Å². The van der Waals surface area contributed by atoms with Crippen LogP contribution in [-0.2, 0) is 11.3 Å². The summed E-state index contributed by atoms with van der Waals surface area (Å²) >= 11 is 1.24. The van der Waals surface area contributed by atoms with E-state index in [4.69, 9.17) is 4.74 Å². The Balaban J connectivity index is 1.29. The third kappa shape index (κ3) is 3.82. The molecule has 0 radical (unpaired) electrons. The molecule has 0 aliphatic carbocycles. The number of hydrogen-bond donors (Lipinski definition) is 1. The zero-order valence-electron chi connectivity index (χ0n) is 17.8. The van der Waals surface area contributed by atoms with E-state index in [2.05, 4.69) is 15.4 Å². The van der Waals surface area contributed by atoms with Gasteiger partial charge in [0.05, 0.1) is 30.5 Å². The Kier molecular flexibility index (Phi) is 5.38. The van der Waals surface area contributed by atoms with Crippen LogP contribution in [0.5, 0.6) is 5.75 Å². The molecule has 0 unspecified atom stereocenters.